The second-order valence-corrected chi connectivity index (χ2v) is 6.20. The third kappa shape index (κ3) is 4.93. The van der Waals surface area contributed by atoms with E-state index in [0.29, 0.717) is 0 Å². The average Bonchev–Trinajstić information content (AvgIpc) is 2.21. The Balaban J connectivity index is 2.65. The summed E-state index contributed by atoms with van der Waals surface area (Å²) in [5.74, 6) is -0.221. The number of rotatable bonds is 6. The van der Waals surface area contributed by atoms with Gasteiger partial charge in [-0.3, -0.25) is 4.72 Å². The molecule has 0 heterocycles. The Hall–Kier alpha value is -1.27. The van der Waals surface area contributed by atoms with Gasteiger partial charge in [0.05, 0.1) is 24.2 Å². The zero-order valence-corrected chi connectivity index (χ0v) is 11.6. The second kappa shape index (κ2) is 6.06. The fraction of sp³-hybridized carbons (Fsp3) is 0.500. The summed E-state index contributed by atoms with van der Waals surface area (Å²) in [6, 6.07) is 4.76. The molecule has 0 fully saturated rings. The van der Waals surface area contributed by atoms with E-state index in [-0.39, 0.29) is 29.9 Å². The SMILES string of the molecule is Cc1ccc(NS(=O)(=O)CCOC(C)C)c(O)c1. The van der Waals surface area contributed by atoms with Gasteiger partial charge in [-0.05, 0) is 38.5 Å². The number of sulfonamides is 1. The average molecular weight is 273 g/mol. The van der Waals surface area contributed by atoms with Gasteiger partial charge in [-0.25, -0.2) is 8.42 Å². The lowest BCUT2D eigenvalue weighted by Gasteiger charge is -2.11. The normalized spacial score (nSPS) is 11.8. The molecule has 2 N–H and O–H groups in total. The fourth-order valence-corrected chi connectivity index (χ4v) is 2.27. The number of phenolic OH excluding ortho intramolecular Hbond substituents is 1. The molecule has 0 aliphatic carbocycles. The van der Waals surface area contributed by atoms with E-state index in [1.54, 1.807) is 6.07 Å². The summed E-state index contributed by atoms with van der Waals surface area (Å²) in [5, 5.41) is 9.61. The Labute approximate surface area is 108 Å². The molecule has 1 aromatic carbocycles. The van der Waals surface area contributed by atoms with Gasteiger partial charge in [0.25, 0.3) is 0 Å². The number of hydrogen-bond donors (Lipinski definition) is 2. The number of nitrogens with one attached hydrogen (secondary N) is 1. The molecule has 0 unspecified atom stereocenters. The van der Waals surface area contributed by atoms with Crippen molar-refractivity contribution in [2.45, 2.75) is 26.9 Å². The number of ether oxygens (including phenoxy) is 1. The van der Waals surface area contributed by atoms with Crippen molar-refractivity contribution in [2.24, 2.45) is 0 Å². The van der Waals surface area contributed by atoms with Crippen molar-refractivity contribution >= 4 is 15.7 Å². The standard InChI is InChI=1S/C12H19NO4S/c1-9(2)17-6-7-18(15,16)13-11-5-4-10(3)8-12(11)14/h4-5,8-9,13-14H,6-7H2,1-3H3. The molecule has 0 aromatic heterocycles. The van der Waals surface area contributed by atoms with E-state index in [1.165, 1.54) is 12.1 Å². The highest BCUT2D eigenvalue weighted by molar-refractivity contribution is 7.92. The molecular formula is C12H19NO4S. The Morgan fingerprint density at radius 1 is 1.39 bits per heavy atom. The van der Waals surface area contributed by atoms with Crippen LogP contribution in [0.3, 0.4) is 0 Å². The molecule has 0 radical (unpaired) electrons. The predicted molar refractivity (Wildman–Crippen MR) is 71.3 cm³/mol. The van der Waals surface area contributed by atoms with Crippen LogP contribution in [0.2, 0.25) is 0 Å². The second-order valence-electron chi connectivity index (χ2n) is 4.36. The van der Waals surface area contributed by atoms with Gasteiger partial charge in [0, 0.05) is 0 Å². The maximum atomic E-state index is 11.7. The number of aromatic hydroxyl groups is 1. The molecule has 0 bridgehead atoms. The Morgan fingerprint density at radius 3 is 2.61 bits per heavy atom. The first-order valence-electron chi connectivity index (χ1n) is 5.72. The summed E-state index contributed by atoms with van der Waals surface area (Å²) in [6.07, 6.45) is -0.00650. The van der Waals surface area contributed by atoms with Gasteiger partial charge >= 0.3 is 0 Å². The van der Waals surface area contributed by atoms with Gasteiger partial charge in [-0.15, -0.1) is 0 Å². The predicted octanol–water partition coefficient (Wildman–Crippen LogP) is 1.87. The highest BCUT2D eigenvalue weighted by Crippen LogP contribution is 2.24. The molecule has 0 atom stereocenters. The largest absolute Gasteiger partial charge is 0.506 e. The summed E-state index contributed by atoms with van der Waals surface area (Å²) in [7, 11) is -3.50. The van der Waals surface area contributed by atoms with Crippen LogP contribution in [0.1, 0.15) is 19.4 Å². The van der Waals surface area contributed by atoms with Crippen LogP contribution in [0, 0.1) is 6.92 Å². The van der Waals surface area contributed by atoms with Crippen molar-refractivity contribution in [1.82, 2.24) is 0 Å². The molecule has 6 heteroatoms. The van der Waals surface area contributed by atoms with Crippen LogP contribution < -0.4 is 4.72 Å². The molecule has 0 aliphatic heterocycles. The van der Waals surface area contributed by atoms with Gasteiger partial charge in [0.2, 0.25) is 10.0 Å². The van der Waals surface area contributed by atoms with E-state index in [4.69, 9.17) is 4.74 Å². The van der Waals surface area contributed by atoms with Crippen molar-refractivity contribution in [1.29, 1.82) is 0 Å². The first-order valence-corrected chi connectivity index (χ1v) is 7.37. The third-order valence-corrected chi connectivity index (χ3v) is 3.46. The van der Waals surface area contributed by atoms with E-state index in [9.17, 15) is 13.5 Å². The minimum Gasteiger partial charge on any atom is -0.506 e. The van der Waals surface area contributed by atoms with Crippen LogP contribution in [0.15, 0.2) is 18.2 Å². The number of hydrogen-bond acceptors (Lipinski definition) is 4. The maximum Gasteiger partial charge on any atom is 0.235 e. The summed E-state index contributed by atoms with van der Waals surface area (Å²) in [4.78, 5) is 0. The van der Waals surface area contributed by atoms with Crippen molar-refractivity contribution < 1.29 is 18.3 Å². The lowest BCUT2D eigenvalue weighted by molar-refractivity contribution is 0.0913. The smallest absolute Gasteiger partial charge is 0.235 e. The monoisotopic (exact) mass is 273 g/mol. The van der Waals surface area contributed by atoms with Crippen LogP contribution in [0.4, 0.5) is 5.69 Å². The zero-order valence-electron chi connectivity index (χ0n) is 10.8. The minimum atomic E-state index is -3.50. The summed E-state index contributed by atoms with van der Waals surface area (Å²) in [5.41, 5.74) is 1.05. The minimum absolute atomic E-state index is 0.00650. The summed E-state index contributed by atoms with van der Waals surface area (Å²) >= 11 is 0. The van der Waals surface area contributed by atoms with Crippen LogP contribution in [0.5, 0.6) is 5.75 Å². The topological polar surface area (TPSA) is 75.6 Å². The molecule has 0 saturated carbocycles. The van der Waals surface area contributed by atoms with Crippen LogP contribution in [-0.2, 0) is 14.8 Å². The van der Waals surface area contributed by atoms with Crippen molar-refractivity contribution in [3.63, 3.8) is 0 Å². The molecular weight excluding hydrogens is 254 g/mol. The number of phenols is 1. The van der Waals surface area contributed by atoms with Gasteiger partial charge in [-0.2, -0.15) is 0 Å². The first-order chi connectivity index (χ1) is 8.30. The van der Waals surface area contributed by atoms with E-state index in [0.717, 1.165) is 5.56 Å². The molecule has 0 saturated heterocycles. The van der Waals surface area contributed by atoms with E-state index in [1.807, 2.05) is 20.8 Å². The van der Waals surface area contributed by atoms with E-state index >= 15 is 0 Å². The molecule has 0 aliphatic rings. The number of anilines is 1. The van der Waals surface area contributed by atoms with Crippen molar-refractivity contribution in [3.05, 3.63) is 23.8 Å². The number of benzene rings is 1. The van der Waals surface area contributed by atoms with Crippen LogP contribution in [0.25, 0.3) is 0 Å². The molecule has 1 rings (SSSR count). The van der Waals surface area contributed by atoms with Gasteiger partial charge in [0.15, 0.2) is 0 Å². The lowest BCUT2D eigenvalue weighted by atomic mass is 10.2. The highest BCUT2D eigenvalue weighted by atomic mass is 32.2. The molecule has 18 heavy (non-hydrogen) atoms. The van der Waals surface area contributed by atoms with Gasteiger partial charge in [-0.1, -0.05) is 6.07 Å². The molecule has 1 aromatic rings. The number of aryl methyl sites for hydroxylation is 1. The van der Waals surface area contributed by atoms with E-state index < -0.39 is 10.0 Å². The van der Waals surface area contributed by atoms with Crippen LogP contribution >= 0.6 is 0 Å². The van der Waals surface area contributed by atoms with Crippen molar-refractivity contribution in [2.75, 3.05) is 17.1 Å². The Bertz CT molecular complexity index is 497. The van der Waals surface area contributed by atoms with E-state index in [2.05, 4.69) is 4.72 Å². The fourth-order valence-electron chi connectivity index (χ4n) is 1.34. The van der Waals surface area contributed by atoms with Crippen molar-refractivity contribution in [3.8, 4) is 5.75 Å². The third-order valence-electron chi connectivity index (χ3n) is 2.22. The Morgan fingerprint density at radius 2 is 2.06 bits per heavy atom. The molecule has 0 amide bonds. The molecule has 102 valence electrons. The van der Waals surface area contributed by atoms with Gasteiger partial charge < -0.3 is 9.84 Å². The van der Waals surface area contributed by atoms with Gasteiger partial charge in [0.1, 0.15) is 5.75 Å². The molecule has 0 spiro atoms. The zero-order chi connectivity index (χ0) is 13.8. The summed E-state index contributed by atoms with van der Waals surface area (Å²) in [6.45, 7) is 5.62. The molecule has 5 nitrogen and oxygen atoms in total. The summed E-state index contributed by atoms with van der Waals surface area (Å²) < 4.78 is 30.9. The van der Waals surface area contributed by atoms with Crippen LogP contribution in [-0.4, -0.2) is 32.0 Å². The highest BCUT2D eigenvalue weighted by Gasteiger charge is 2.13. The first kappa shape index (κ1) is 14.8. The Kier molecular flexibility index (Phi) is 4.98. The maximum absolute atomic E-state index is 11.7. The lowest BCUT2D eigenvalue weighted by Crippen LogP contribution is -2.21. The quantitative estimate of drug-likeness (QED) is 0.776.